The third kappa shape index (κ3) is 5.90. The molecule has 1 aliphatic carbocycles. The topological polar surface area (TPSA) is 12.0 Å². The summed E-state index contributed by atoms with van der Waals surface area (Å²) >= 11 is 0. The molecule has 0 aromatic rings. The highest BCUT2D eigenvalue weighted by atomic mass is 14.9. The van der Waals surface area contributed by atoms with Crippen molar-refractivity contribution in [2.24, 2.45) is 11.8 Å². The Morgan fingerprint density at radius 1 is 1.06 bits per heavy atom. The second-order valence-electron chi connectivity index (χ2n) is 6.05. The Hall–Kier alpha value is -0.0400. The molecule has 0 aromatic heterocycles. The molecule has 0 aromatic carbocycles. The van der Waals surface area contributed by atoms with Gasteiger partial charge in [-0.1, -0.05) is 52.9 Å². The van der Waals surface area contributed by atoms with Gasteiger partial charge in [0.2, 0.25) is 0 Å². The molecule has 1 heteroatoms. The summed E-state index contributed by atoms with van der Waals surface area (Å²) in [6.45, 7) is 8.21. The van der Waals surface area contributed by atoms with Crippen molar-refractivity contribution in [2.75, 3.05) is 6.54 Å². The lowest BCUT2D eigenvalue weighted by Crippen LogP contribution is -2.35. The van der Waals surface area contributed by atoms with Crippen LogP contribution < -0.4 is 5.32 Å². The van der Waals surface area contributed by atoms with Gasteiger partial charge in [0.1, 0.15) is 0 Å². The molecule has 0 spiro atoms. The van der Waals surface area contributed by atoms with E-state index in [2.05, 4.69) is 26.1 Å². The normalized spacial score (nSPS) is 20.6. The van der Waals surface area contributed by atoms with Crippen LogP contribution in [0.1, 0.15) is 78.6 Å². The molecule has 1 rings (SSSR count). The first-order valence-corrected chi connectivity index (χ1v) is 8.01. The van der Waals surface area contributed by atoms with Crippen molar-refractivity contribution >= 4 is 0 Å². The summed E-state index contributed by atoms with van der Waals surface area (Å²) in [7, 11) is 0. The van der Waals surface area contributed by atoms with Crippen molar-refractivity contribution in [3.8, 4) is 0 Å². The zero-order valence-corrected chi connectivity index (χ0v) is 12.3. The Labute approximate surface area is 109 Å². The van der Waals surface area contributed by atoms with Crippen LogP contribution in [-0.4, -0.2) is 12.6 Å². The van der Waals surface area contributed by atoms with E-state index in [4.69, 9.17) is 0 Å². The van der Waals surface area contributed by atoms with Crippen LogP contribution in [0.5, 0.6) is 0 Å². The Morgan fingerprint density at radius 3 is 2.35 bits per heavy atom. The van der Waals surface area contributed by atoms with Crippen molar-refractivity contribution in [1.29, 1.82) is 0 Å². The summed E-state index contributed by atoms with van der Waals surface area (Å²) in [6.07, 6.45) is 12.8. The standard InChI is InChI=1S/C16H33N/c1-4-8-14(3)16(17-13-5-2)12-11-15-9-6-7-10-15/h14-17H,4-13H2,1-3H3. The van der Waals surface area contributed by atoms with Crippen LogP contribution in [0.3, 0.4) is 0 Å². The van der Waals surface area contributed by atoms with Gasteiger partial charge in [-0.15, -0.1) is 0 Å². The molecular formula is C16H33N. The first kappa shape index (κ1) is 15.0. The smallest absolute Gasteiger partial charge is 0.00927 e. The predicted octanol–water partition coefficient (Wildman–Crippen LogP) is 4.76. The molecule has 0 amide bonds. The van der Waals surface area contributed by atoms with Gasteiger partial charge in [-0.3, -0.25) is 0 Å². The van der Waals surface area contributed by atoms with Gasteiger partial charge in [0.05, 0.1) is 0 Å². The van der Waals surface area contributed by atoms with Crippen molar-refractivity contribution in [3.05, 3.63) is 0 Å². The summed E-state index contributed by atoms with van der Waals surface area (Å²) in [5, 5.41) is 3.78. The first-order valence-electron chi connectivity index (χ1n) is 8.01. The third-order valence-corrected chi connectivity index (χ3v) is 4.45. The maximum atomic E-state index is 3.78. The van der Waals surface area contributed by atoms with Gasteiger partial charge in [-0.25, -0.2) is 0 Å². The highest BCUT2D eigenvalue weighted by molar-refractivity contribution is 4.76. The lowest BCUT2D eigenvalue weighted by molar-refractivity contribution is 0.310. The minimum atomic E-state index is 0.774. The lowest BCUT2D eigenvalue weighted by atomic mass is 9.89. The summed E-state index contributed by atoms with van der Waals surface area (Å²) in [6, 6.07) is 0.774. The highest BCUT2D eigenvalue weighted by Gasteiger charge is 2.20. The fraction of sp³-hybridized carbons (Fsp3) is 1.00. The zero-order chi connectivity index (χ0) is 12.5. The Bertz CT molecular complexity index is 172. The van der Waals surface area contributed by atoms with Crippen molar-refractivity contribution < 1.29 is 0 Å². The van der Waals surface area contributed by atoms with E-state index >= 15 is 0 Å². The van der Waals surface area contributed by atoms with Crippen molar-refractivity contribution in [3.63, 3.8) is 0 Å². The molecule has 1 nitrogen and oxygen atoms in total. The molecule has 1 N–H and O–H groups in total. The minimum absolute atomic E-state index is 0.774. The first-order chi connectivity index (χ1) is 8.27. The average molecular weight is 239 g/mol. The van der Waals surface area contributed by atoms with Crippen molar-refractivity contribution in [1.82, 2.24) is 5.32 Å². The third-order valence-electron chi connectivity index (χ3n) is 4.45. The molecule has 2 atom stereocenters. The van der Waals surface area contributed by atoms with Crippen LogP contribution in [0.25, 0.3) is 0 Å². The number of rotatable bonds is 9. The molecular weight excluding hydrogens is 206 g/mol. The fourth-order valence-corrected chi connectivity index (χ4v) is 3.29. The molecule has 2 unspecified atom stereocenters. The van der Waals surface area contributed by atoms with Gasteiger partial charge in [-0.2, -0.15) is 0 Å². The molecule has 1 saturated carbocycles. The molecule has 102 valence electrons. The second kappa shape index (κ2) is 8.97. The number of hydrogen-bond donors (Lipinski definition) is 1. The maximum Gasteiger partial charge on any atom is 0.00927 e. The van der Waals surface area contributed by atoms with Crippen LogP contribution in [0, 0.1) is 11.8 Å². The number of hydrogen-bond acceptors (Lipinski definition) is 1. The van der Waals surface area contributed by atoms with Crippen molar-refractivity contribution in [2.45, 2.75) is 84.6 Å². The van der Waals surface area contributed by atoms with Gasteiger partial charge in [0.15, 0.2) is 0 Å². The molecule has 17 heavy (non-hydrogen) atoms. The molecule has 0 heterocycles. The van der Waals surface area contributed by atoms with Crippen LogP contribution >= 0.6 is 0 Å². The molecule has 1 fully saturated rings. The quantitative estimate of drug-likeness (QED) is 0.611. The summed E-state index contributed by atoms with van der Waals surface area (Å²) in [4.78, 5) is 0. The van der Waals surface area contributed by atoms with Gasteiger partial charge in [-0.05, 0) is 44.1 Å². The second-order valence-corrected chi connectivity index (χ2v) is 6.05. The Balaban J connectivity index is 2.27. The van der Waals surface area contributed by atoms with E-state index in [-0.39, 0.29) is 0 Å². The lowest BCUT2D eigenvalue weighted by Gasteiger charge is -2.26. The maximum absolute atomic E-state index is 3.78. The largest absolute Gasteiger partial charge is 0.314 e. The predicted molar refractivity (Wildman–Crippen MR) is 77.3 cm³/mol. The summed E-state index contributed by atoms with van der Waals surface area (Å²) in [5.41, 5.74) is 0. The monoisotopic (exact) mass is 239 g/mol. The highest BCUT2D eigenvalue weighted by Crippen LogP contribution is 2.30. The Kier molecular flexibility index (Phi) is 7.92. The van der Waals surface area contributed by atoms with E-state index in [1.807, 2.05) is 0 Å². The van der Waals surface area contributed by atoms with Gasteiger partial charge >= 0.3 is 0 Å². The molecule has 0 bridgehead atoms. The van der Waals surface area contributed by atoms with E-state index in [9.17, 15) is 0 Å². The minimum Gasteiger partial charge on any atom is -0.314 e. The van der Waals surface area contributed by atoms with E-state index in [0.717, 1.165) is 17.9 Å². The van der Waals surface area contributed by atoms with Gasteiger partial charge < -0.3 is 5.32 Å². The van der Waals surface area contributed by atoms with Gasteiger partial charge in [0.25, 0.3) is 0 Å². The van der Waals surface area contributed by atoms with Crippen LogP contribution in [0.15, 0.2) is 0 Å². The zero-order valence-electron chi connectivity index (χ0n) is 12.3. The SMILES string of the molecule is CCCNC(CCC1CCCC1)C(C)CCC. The summed E-state index contributed by atoms with van der Waals surface area (Å²) < 4.78 is 0. The number of nitrogens with one attached hydrogen (secondary N) is 1. The fourth-order valence-electron chi connectivity index (χ4n) is 3.29. The van der Waals surface area contributed by atoms with Crippen LogP contribution in [-0.2, 0) is 0 Å². The molecule has 0 saturated heterocycles. The molecule has 0 radical (unpaired) electrons. The van der Waals surface area contributed by atoms with E-state index in [1.165, 1.54) is 64.3 Å². The average Bonchev–Trinajstić information content (AvgIpc) is 2.82. The summed E-state index contributed by atoms with van der Waals surface area (Å²) in [5.74, 6) is 1.91. The Morgan fingerprint density at radius 2 is 1.76 bits per heavy atom. The molecule has 1 aliphatic rings. The molecule has 0 aliphatic heterocycles. The van der Waals surface area contributed by atoms with E-state index in [1.54, 1.807) is 0 Å². The van der Waals surface area contributed by atoms with Gasteiger partial charge in [0, 0.05) is 6.04 Å². The van der Waals surface area contributed by atoms with E-state index < -0.39 is 0 Å². The van der Waals surface area contributed by atoms with Crippen LogP contribution in [0.2, 0.25) is 0 Å². The van der Waals surface area contributed by atoms with E-state index in [0.29, 0.717) is 0 Å². The van der Waals surface area contributed by atoms with Crippen LogP contribution in [0.4, 0.5) is 0 Å².